The summed E-state index contributed by atoms with van der Waals surface area (Å²) in [7, 11) is 0. The number of benzene rings is 1. The molecular weight excluding hydrogens is 308 g/mol. The van der Waals surface area contributed by atoms with Crippen LogP contribution in [0, 0.1) is 11.8 Å². The van der Waals surface area contributed by atoms with Crippen LogP contribution in [0.4, 0.5) is 0 Å². The van der Waals surface area contributed by atoms with Crippen molar-refractivity contribution in [3.05, 3.63) is 42.0 Å². The van der Waals surface area contributed by atoms with Gasteiger partial charge in [0.2, 0.25) is 0 Å². The zero-order valence-corrected chi connectivity index (χ0v) is 16.0. The van der Waals surface area contributed by atoms with Crippen LogP contribution in [0.1, 0.15) is 78.1 Å². The number of rotatable bonds is 10. The Labute approximate surface area is 153 Å². The molecule has 2 atom stereocenters. The molecule has 1 aliphatic rings. The number of esters is 1. The van der Waals surface area contributed by atoms with Crippen LogP contribution < -0.4 is 4.74 Å². The van der Waals surface area contributed by atoms with Gasteiger partial charge in [-0.1, -0.05) is 69.4 Å². The summed E-state index contributed by atoms with van der Waals surface area (Å²) < 4.78 is 5.45. The average Bonchev–Trinajstić information content (AvgIpc) is 2.65. The smallest absolute Gasteiger partial charge is 0.311 e. The molecule has 2 nitrogen and oxygen atoms in total. The molecule has 1 aromatic carbocycles. The van der Waals surface area contributed by atoms with E-state index in [4.69, 9.17) is 4.74 Å². The summed E-state index contributed by atoms with van der Waals surface area (Å²) >= 11 is 0. The predicted octanol–water partition coefficient (Wildman–Crippen LogP) is 6.71. The van der Waals surface area contributed by atoms with Gasteiger partial charge in [0, 0.05) is 6.42 Å². The van der Waals surface area contributed by atoms with E-state index in [0.29, 0.717) is 18.1 Å². The summed E-state index contributed by atoms with van der Waals surface area (Å²) in [4.78, 5) is 12.2. The first-order chi connectivity index (χ1) is 12.2. The lowest BCUT2D eigenvalue weighted by atomic mass is 9.79. The lowest BCUT2D eigenvalue weighted by Crippen LogP contribution is -2.15. The molecular formula is C23H34O2. The molecule has 0 saturated heterocycles. The van der Waals surface area contributed by atoms with Crippen molar-refractivity contribution < 1.29 is 9.53 Å². The van der Waals surface area contributed by atoms with E-state index in [1.807, 2.05) is 30.3 Å². The number of allylic oxidation sites excluding steroid dienone is 2. The van der Waals surface area contributed by atoms with E-state index in [-0.39, 0.29) is 5.97 Å². The molecule has 0 heterocycles. The Hall–Kier alpha value is -1.57. The van der Waals surface area contributed by atoms with Gasteiger partial charge in [0.1, 0.15) is 5.75 Å². The normalized spacial score (nSPS) is 18.5. The van der Waals surface area contributed by atoms with Gasteiger partial charge in [0.25, 0.3) is 0 Å². The highest BCUT2D eigenvalue weighted by Gasteiger charge is 2.21. The minimum Gasteiger partial charge on any atom is -0.427 e. The molecule has 25 heavy (non-hydrogen) atoms. The second-order valence-corrected chi connectivity index (χ2v) is 7.35. The first-order valence-electron chi connectivity index (χ1n) is 10.2. The highest BCUT2D eigenvalue weighted by atomic mass is 16.5. The van der Waals surface area contributed by atoms with Gasteiger partial charge >= 0.3 is 5.97 Å². The minimum atomic E-state index is -0.102. The molecule has 2 rings (SSSR count). The van der Waals surface area contributed by atoms with Crippen LogP contribution in [-0.2, 0) is 4.79 Å². The molecule has 0 N–H and O–H groups in total. The lowest BCUT2D eigenvalue weighted by Gasteiger charge is -2.27. The molecule has 2 unspecified atom stereocenters. The summed E-state index contributed by atoms with van der Waals surface area (Å²) in [5.41, 5.74) is 1.60. The van der Waals surface area contributed by atoms with Crippen LogP contribution in [0.15, 0.2) is 42.0 Å². The molecule has 2 heteroatoms. The molecule has 1 aromatic rings. The fourth-order valence-electron chi connectivity index (χ4n) is 3.77. The van der Waals surface area contributed by atoms with Crippen molar-refractivity contribution in [3.8, 4) is 5.75 Å². The molecule has 138 valence electrons. The zero-order chi connectivity index (χ0) is 17.9. The van der Waals surface area contributed by atoms with E-state index >= 15 is 0 Å². The number of carbonyl (C=O) groups is 1. The van der Waals surface area contributed by atoms with Gasteiger partial charge in [-0.05, 0) is 56.1 Å². The SMILES string of the molecule is CCCCCC(CCC(=O)Oc1ccccc1)C1=CCC(CC)CC1. The summed E-state index contributed by atoms with van der Waals surface area (Å²) in [5, 5.41) is 0. The Morgan fingerprint density at radius 2 is 1.96 bits per heavy atom. The van der Waals surface area contributed by atoms with Crippen molar-refractivity contribution in [2.75, 3.05) is 0 Å². The molecule has 1 aliphatic carbocycles. The van der Waals surface area contributed by atoms with Crippen LogP contribution >= 0.6 is 0 Å². The number of ether oxygens (including phenoxy) is 1. The Bertz CT molecular complexity index is 532. The number of hydrogen-bond donors (Lipinski definition) is 0. The highest BCUT2D eigenvalue weighted by molar-refractivity contribution is 5.72. The van der Waals surface area contributed by atoms with Crippen molar-refractivity contribution in [1.82, 2.24) is 0 Å². The summed E-state index contributed by atoms with van der Waals surface area (Å²) in [6.07, 6.45) is 14.0. The second-order valence-electron chi connectivity index (χ2n) is 7.35. The van der Waals surface area contributed by atoms with E-state index in [9.17, 15) is 4.79 Å². The third-order valence-corrected chi connectivity index (χ3v) is 5.48. The van der Waals surface area contributed by atoms with E-state index < -0.39 is 0 Å². The quantitative estimate of drug-likeness (QED) is 0.204. The summed E-state index contributed by atoms with van der Waals surface area (Å²) in [5.74, 6) is 1.98. The van der Waals surface area contributed by atoms with Crippen LogP contribution in [0.2, 0.25) is 0 Å². The second kappa shape index (κ2) is 11.1. The number of carbonyl (C=O) groups excluding carboxylic acids is 1. The fraction of sp³-hybridized carbons (Fsp3) is 0.609. The van der Waals surface area contributed by atoms with Crippen LogP contribution in [0.5, 0.6) is 5.75 Å². The maximum atomic E-state index is 12.2. The molecule has 0 aliphatic heterocycles. The third-order valence-electron chi connectivity index (χ3n) is 5.48. The predicted molar refractivity (Wildman–Crippen MR) is 105 cm³/mol. The first-order valence-corrected chi connectivity index (χ1v) is 10.2. The van der Waals surface area contributed by atoms with Crippen molar-refractivity contribution in [1.29, 1.82) is 0 Å². The van der Waals surface area contributed by atoms with E-state index in [2.05, 4.69) is 19.9 Å². The molecule has 0 spiro atoms. The Kier molecular flexibility index (Phi) is 8.79. The van der Waals surface area contributed by atoms with Crippen molar-refractivity contribution >= 4 is 5.97 Å². The summed E-state index contributed by atoms with van der Waals surface area (Å²) in [6, 6.07) is 9.40. The van der Waals surface area contributed by atoms with Crippen LogP contribution in [0.3, 0.4) is 0 Å². The van der Waals surface area contributed by atoms with Crippen LogP contribution in [-0.4, -0.2) is 5.97 Å². The van der Waals surface area contributed by atoms with Crippen molar-refractivity contribution in [2.24, 2.45) is 11.8 Å². The van der Waals surface area contributed by atoms with Gasteiger partial charge in [-0.25, -0.2) is 0 Å². The molecule has 0 amide bonds. The first kappa shape index (κ1) is 19.8. The topological polar surface area (TPSA) is 26.3 Å². The monoisotopic (exact) mass is 342 g/mol. The Morgan fingerprint density at radius 1 is 1.16 bits per heavy atom. The number of hydrogen-bond acceptors (Lipinski definition) is 2. The van der Waals surface area contributed by atoms with Gasteiger partial charge in [-0.15, -0.1) is 0 Å². The molecule has 0 radical (unpaired) electrons. The van der Waals surface area contributed by atoms with E-state index in [0.717, 1.165) is 12.3 Å². The van der Waals surface area contributed by atoms with E-state index in [1.54, 1.807) is 5.57 Å². The van der Waals surface area contributed by atoms with Gasteiger partial charge in [-0.3, -0.25) is 4.79 Å². The van der Waals surface area contributed by atoms with Crippen molar-refractivity contribution in [3.63, 3.8) is 0 Å². The fourth-order valence-corrected chi connectivity index (χ4v) is 3.77. The maximum Gasteiger partial charge on any atom is 0.311 e. The zero-order valence-electron chi connectivity index (χ0n) is 16.0. The largest absolute Gasteiger partial charge is 0.427 e. The summed E-state index contributed by atoms with van der Waals surface area (Å²) in [6.45, 7) is 4.54. The third kappa shape index (κ3) is 7.05. The maximum absolute atomic E-state index is 12.2. The number of unbranched alkanes of at least 4 members (excludes halogenated alkanes) is 2. The molecule has 0 saturated carbocycles. The minimum absolute atomic E-state index is 0.102. The van der Waals surface area contributed by atoms with Gasteiger partial charge in [0.15, 0.2) is 0 Å². The van der Waals surface area contributed by atoms with Gasteiger partial charge < -0.3 is 4.74 Å². The average molecular weight is 343 g/mol. The molecule has 0 aromatic heterocycles. The van der Waals surface area contributed by atoms with E-state index in [1.165, 1.54) is 51.4 Å². The Morgan fingerprint density at radius 3 is 2.60 bits per heavy atom. The lowest BCUT2D eigenvalue weighted by molar-refractivity contribution is -0.134. The van der Waals surface area contributed by atoms with Gasteiger partial charge in [-0.2, -0.15) is 0 Å². The number of para-hydroxylation sites is 1. The van der Waals surface area contributed by atoms with Gasteiger partial charge in [0.05, 0.1) is 0 Å². The standard InChI is InChI=1S/C23H34O2/c1-3-5-7-10-20(21-15-13-19(4-2)14-16-21)17-18-23(24)25-22-11-8-6-9-12-22/h6,8-9,11-12,15,19-20H,3-5,7,10,13-14,16-18H2,1-2H3. The molecule has 0 bridgehead atoms. The highest BCUT2D eigenvalue weighted by Crippen LogP contribution is 2.34. The Balaban J connectivity index is 1.87. The van der Waals surface area contributed by atoms with Crippen LogP contribution in [0.25, 0.3) is 0 Å². The van der Waals surface area contributed by atoms with Crippen molar-refractivity contribution in [2.45, 2.75) is 78.1 Å². The molecule has 0 fully saturated rings.